The molecule has 0 amide bonds. The maximum atomic E-state index is 10.3. The molecule has 0 aliphatic carbocycles. The highest BCUT2D eigenvalue weighted by molar-refractivity contribution is 5.67. The Labute approximate surface area is 90.9 Å². The fourth-order valence-corrected chi connectivity index (χ4v) is 1.46. The predicted octanol–water partition coefficient (Wildman–Crippen LogP) is 1.54. The minimum absolute atomic E-state index is 0.379. The van der Waals surface area contributed by atoms with Crippen LogP contribution in [0.5, 0.6) is 0 Å². The molecule has 0 heterocycles. The number of unbranched alkanes of at least 4 members (excludes halogenated alkanes) is 4. The zero-order chi connectivity index (χ0) is 11.7. The summed E-state index contributed by atoms with van der Waals surface area (Å²) in [7, 11) is 0. The van der Waals surface area contributed by atoms with Gasteiger partial charge in [-0.05, 0) is 6.42 Å². The van der Waals surface area contributed by atoms with Crippen LogP contribution in [-0.4, -0.2) is 33.5 Å². The molecule has 3 N–H and O–H groups in total. The van der Waals surface area contributed by atoms with E-state index >= 15 is 0 Å². The minimum Gasteiger partial charge on any atom is -0.481 e. The van der Waals surface area contributed by atoms with Gasteiger partial charge in [-0.3, -0.25) is 4.79 Å². The van der Waals surface area contributed by atoms with Gasteiger partial charge in [0, 0.05) is 0 Å². The molecule has 0 aliphatic heterocycles. The second kappa shape index (κ2) is 8.68. The van der Waals surface area contributed by atoms with Crippen LogP contribution in [0.4, 0.5) is 0 Å². The van der Waals surface area contributed by atoms with Crippen molar-refractivity contribution in [2.45, 2.75) is 64.1 Å². The topological polar surface area (TPSA) is 77.8 Å². The van der Waals surface area contributed by atoms with Crippen molar-refractivity contribution in [2.75, 3.05) is 0 Å². The molecule has 0 rings (SSSR count). The third-order valence-corrected chi connectivity index (χ3v) is 2.43. The molecule has 2 unspecified atom stereocenters. The summed E-state index contributed by atoms with van der Waals surface area (Å²) in [6, 6.07) is 0. The van der Waals surface area contributed by atoms with E-state index in [0.29, 0.717) is 6.42 Å². The number of aliphatic hydroxyl groups excluding tert-OH is 2. The quantitative estimate of drug-likeness (QED) is 0.513. The first kappa shape index (κ1) is 14.4. The number of aliphatic carboxylic acids is 1. The highest BCUT2D eigenvalue weighted by Gasteiger charge is 2.18. The van der Waals surface area contributed by atoms with Crippen LogP contribution < -0.4 is 0 Å². The predicted molar refractivity (Wildman–Crippen MR) is 57.6 cm³/mol. The molecule has 2 atom stereocenters. The second-order valence-corrected chi connectivity index (χ2v) is 3.94. The van der Waals surface area contributed by atoms with E-state index < -0.39 is 18.2 Å². The van der Waals surface area contributed by atoms with Crippen LogP contribution in [0.1, 0.15) is 51.9 Å². The maximum absolute atomic E-state index is 10.3. The van der Waals surface area contributed by atoms with Crippen LogP contribution in [0, 0.1) is 0 Å². The Morgan fingerprint density at radius 1 is 1.07 bits per heavy atom. The summed E-state index contributed by atoms with van der Waals surface area (Å²) in [6.07, 6.45) is 3.45. The van der Waals surface area contributed by atoms with E-state index in [9.17, 15) is 15.0 Å². The minimum atomic E-state index is -1.13. The molecule has 0 aromatic carbocycles. The lowest BCUT2D eigenvalue weighted by Gasteiger charge is -2.15. The molecule has 0 spiro atoms. The number of hydrogen-bond donors (Lipinski definition) is 3. The Bertz CT molecular complexity index is 170. The van der Waals surface area contributed by atoms with E-state index in [1.807, 2.05) is 0 Å². The standard InChI is InChI=1S/C11H22O4/c1-2-3-4-5-6-7-9(12)10(13)8-11(14)15/h9-10,12-13H,2-8H2,1H3,(H,14,15). The van der Waals surface area contributed by atoms with Gasteiger partial charge in [0.15, 0.2) is 0 Å². The molecule has 0 aromatic rings. The summed E-state index contributed by atoms with van der Waals surface area (Å²) in [6.45, 7) is 2.13. The second-order valence-electron chi connectivity index (χ2n) is 3.94. The van der Waals surface area contributed by atoms with Gasteiger partial charge < -0.3 is 15.3 Å². The van der Waals surface area contributed by atoms with E-state index in [4.69, 9.17) is 5.11 Å². The third kappa shape index (κ3) is 8.39. The normalized spacial score (nSPS) is 14.9. The Balaban J connectivity index is 3.46. The monoisotopic (exact) mass is 218 g/mol. The average molecular weight is 218 g/mol. The summed E-state index contributed by atoms with van der Waals surface area (Å²) < 4.78 is 0. The Kier molecular flexibility index (Phi) is 8.33. The van der Waals surface area contributed by atoms with Gasteiger partial charge in [-0.25, -0.2) is 0 Å². The van der Waals surface area contributed by atoms with Gasteiger partial charge in [0.25, 0.3) is 0 Å². The molecule has 4 nitrogen and oxygen atoms in total. The van der Waals surface area contributed by atoms with Gasteiger partial charge in [-0.1, -0.05) is 39.0 Å². The fraction of sp³-hybridized carbons (Fsp3) is 0.909. The van der Waals surface area contributed by atoms with E-state index in [2.05, 4.69) is 6.92 Å². The molecular formula is C11H22O4. The average Bonchev–Trinajstić information content (AvgIpc) is 2.16. The SMILES string of the molecule is CCCCCCCC(O)C(O)CC(=O)O. The smallest absolute Gasteiger partial charge is 0.306 e. The van der Waals surface area contributed by atoms with Gasteiger partial charge in [0.05, 0.1) is 18.6 Å². The Morgan fingerprint density at radius 2 is 1.67 bits per heavy atom. The lowest BCUT2D eigenvalue weighted by atomic mass is 10.0. The van der Waals surface area contributed by atoms with Crippen molar-refractivity contribution < 1.29 is 20.1 Å². The van der Waals surface area contributed by atoms with Crippen molar-refractivity contribution in [1.29, 1.82) is 0 Å². The first-order valence-electron chi connectivity index (χ1n) is 5.65. The zero-order valence-corrected chi connectivity index (χ0v) is 9.35. The third-order valence-electron chi connectivity index (χ3n) is 2.43. The number of carbonyl (C=O) groups is 1. The Morgan fingerprint density at radius 3 is 2.20 bits per heavy atom. The first-order chi connectivity index (χ1) is 7.07. The van der Waals surface area contributed by atoms with Crippen molar-refractivity contribution in [2.24, 2.45) is 0 Å². The number of carboxylic acids is 1. The molecule has 0 aromatic heterocycles. The molecule has 0 bridgehead atoms. The van der Waals surface area contributed by atoms with E-state index in [1.165, 1.54) is 12.8 Å². The molecule has 4 heteroatoms. The summed E-state index contributed by atoms with van der Waals surface area (Å²) in [5, 5.41) is 27.1. The van der Waals surface area contributed by atoms with Crippen LogP contribution in [0.25, 0.3) is 0 Å². The van der Waals surface area contributed by atoms with Crippen LogP contribution in [0.15, 0.2) is 0 Å². The van der Waals surface area contributed by atoms with Crippen LogP contribution >= 0.6 is 0 Å². The number of rotatable bonds is 9. The molecule has 0 fully saturated rings. The number of aliphatic hydroxyl groups is 2. The molecule has 90 valence electrons. The number of carboxylic acid groups (broad SMARTS) is 1. The molecule has 0 radical (unpaired) electrons. The fourth-order valence-electron chi connectivity index (χ4n) is 1.46. The maximum Gasteiger partial charge on any atom is 0.306 e. The van der Waals surface area contributed by atoms with Gasteiger partial charge in [0.2, 0.25) is 0 Å². The van der Waals surface area contributed by atoms with E-state index in [1.54, 1.807) is 0 Å². The van der Waals surface area contributed by atoms with Crippen LogP contribution in [-0.2, 0) is 4.79 Å². The van der Waals surface area contributed by atoms with E-state index in [0.717, 1.165) is 19.3 Å². The highest BCUT2D eigenvalue weighted by Crippen LogP contribution is 2.10. The van der Waals surface area contributed by atoms with Gasteiger partial charge in [-0.2, -0.15) is 0 Å². The van der Waals surface area contributed by atoms with Crippen molar-refractivity contribution >= 4 is 5.97 Å². The van der Waals surface area contributed by atoms with Gasteiger partial charge >= 0.3 is 5.97 Å². The summed E-state index contributed by atoms with van der Waals surface area (Å²) in [5.41, 5.74) is 0. The molecule has 0 aliphatic rings. The first-order valence-corrected chi connectivity index (χ1v) is 5.65. The lowest BCUT2D eigenvalue weighted by Crippen LogP contribution is -2.28. The van der Waals surface area contributed by atoms with Gasteiger partial charge in [0.1, 0.15) is 0 Å². The van der Waals surface area contributed by atoms with Crippen molar-refractivity contribution in [3.63, 3.8) is 0 Å². The Hall–Kier alpha value is -0.610. The molecule has 0 saturated carbocycles. The van der Waals surface area contributed by atoms with Crippen LogP contribution in [0.2, 0.25) is 0 Å². The zero-order valence-electron chi connectivity index (χ0n) is 9.35. The number of hydrogen-bond acceptors (Lipinski definition) is 3. The highest BCUT2D eigenvalue weighted by atomic mass is 16.4. The van der Waals surface area contributed by atoms with Gasteiger partial charge in [-0.15, -0.1) is 0 Å². The molecule has 15 heavy (non-hydrogen) atoms. The van der Waals surface area contributed by atoms with Crippen molar-refractivity contribution in [1.82, 2.24) is 0 Å². The lowest BCUT2D eigenvalue weighted by molar-refractivity contribution is -0.141. The van der Waals surface area contributed by atoms with Crippen molar-refractivity contribution in [3.8, 4) is 0 Å². The summed E-state index contributed by atoms with van der Waals surface area (Å²) >= 11 is 0. The molecule has 0 saturated heterocycles. The van der Waals surface area contributed by atoms with Crippen molar-refractivity contribution in [3.05, 3.63) is 0 Å². The van der Waals surface area contributed by atoms with E-state index in [-0.39, 0.29) is 6.42 Å². The molecular weight excluding hydrogens is 196 g/mol. The summed E-state index contributed by atoms with van der Waals surface area (Å²) in [4.78, 5) is 10.3. The summed E-state index contributed by atoms with van der Waals surface area (Å²) in [5.74, 6) is -1.08. The van der Waals surface area contributed by atoms with Crippen LogP contribution in [0.3, 0.4) is 0 Å². The largest absolute Gasteiger partial charge is 0.481 e.